The highest BCUT2D eigenvalue weighted by molar-refractivity contribution is 5.80. The number of nitrogen functional groups attached to an aromatic ring is 1. The predicted octanol–water partition coefficient (Wildman–Crippen LogP) is -0.576. The first kappa shape index (κ1) is 11.3. The predicted molar refractivity (Wildman–Crippen MR) is 67.0 cm³/mol. The molecule has 3 rings (SSSR count). The van der Waals surface area contributed by atoms with Crippen molar-refractivity contribution in [3.8, 4) is 0 Å². The lowest BCUT2D eigenvalue weighted by atomic mass is 10.4. The Labute approximate surface area is 107 Å². The minimum absolute atomic E-state index is 0.397. The van der Waals surface area contributed by atoms with Crippen LogP contribution < -0.4 is 11.1 Å². The van der Waals surface area contributed by atoms with E-state index in [4.69, 9.17) is 5.73 Å². The van der Waals surface area contributed by atoms with Crippen LogP contribution >= 0.6 is 0 Å². The van der Waals surface area contributed by atoms with Crippen LogP contribution in [0.5, 0.6) is 0 Å². The van der Waals surface area contributed by atoms with Gasteiger partial charge in [-0.3, -0.25) is 0 Å². The smallest absolute Gasteiger partial charge is 0.263 e. The number of nitrogens with two attached hydrogens (primary N) is 1. The van der Waals surface area contributed by atoms with Crippen LogP contribution in [0.2, 0.25) is 0 Å². The van der Waals surface area contributed by atoms with E-state index in [1.807, 2.05) is 4.57 Å². The number of rotatable bonds is 5. The Morgan fingerprint density at radius 2 is 2.26 bits per heavy atom. The largest absolute Gasteiger partial charge is 0.382 e. The summed E-state index contributed by atoms with van der Waals surface area (Å²) in [6, 6.07) is 0. The molecule has 0 aliphatic carbocycles. The van der Waals surface area contributed by atoms with Gasteiger partial charge in [0.05, 0.1) is 6.33 Å². The number of aromatic amines is 1. The number of nitrogens with one attached hydrogen (secondary N) is 2. The molecule has 98 valence electrons. The molecule has 0 spiro atoms. The zero-order chi connectivity index (χ0) is 13.1. The highest BCUT2D eigenvalue weighted by atomic mass is 15.5. The fourth-order valence-corrected chi connectivity index (χ4v) is 1.75. The molecule has 0 saturated carbocycles. The molecule has 0 bridgehead atoms. The molecule has 0 saturated heterocycles. The quantitative estimate of drug-likeness (QED) is 0.518. The van der Waals surface area contributed by atoms with Gasteiger partial charge in [-0.25, -0.2) is 15.0 Å². The number of aromatic nitrogens is 8. The van der Waals surface area contributed by atoms with Gasteiger partial charge in [0.15, 0.2) is 11.5 Å². The van der Waals surface area contributed by atoms with Crippen LogP contribution in [0.4, 0.5) is 11.8 Å². The second kappa shape index (κ2) is 4.84. The fourth-order valence-electron chi connectivity index (χ4n) is 1.75. The molecule has 0 unspecified atom stereocenters. The van der Waals surface area contributed by atoms with Gasteiger partial charge in [0, 0.05) is 13.1 Å². The zero-order valence-electron chi connectivity index (χ0n) is 9.98. The van der Waals surface area contributed by atoms with E-state index in [-0.39, 0.29) is 0 Å². The molecule has 10 heteroatoms. The number of tetrazole rings is 1. The summed E-state index contributed by atoms with van der Waals surface area (Å²) >= 11 is 0. The molecule has 0 amide bonds. The van der Waals surface area contributed by atoms with Crippen molar-refractivity contribution in [2.45, 2.75) is 13.0 Å². The minimum atomic E-state index is 0.397. The molecule has 3 aromatic rings. The molecule has 19 heavy (non-hydrogen) atoms. The molecule has 0 fully saturated rings. The van der Waals surface area contributed by atoms with Gasteiger partial charge in [0.25, 0.3) is 5.95 Å². The van der Waals surface area contributed by atoms with Crippen LogP contribution in [0, 0.1) is 0 Å². The summed E-state index contributed by atoms with van der Waals surface area (Å²) in [5, 5.41) is 16.5. The molecular formula is C9H12N10. The molecular weight excluding hydrogens is 248 g/mol. The molecule has 0 aliphatic rings. The lowest BCUT2D eigenvalue weighted by Gasteiger charge is -2.04. The normalized spacial score (nSPS) is 10.9. The molecule has 0 radical (unpaired) electrons. The molecule has 3 aromatic heterocycles. The lowest BCUT2D eigenvalue weighted by molar-refractivity contribution is 0.670. The summed E-state index contributed by atoms with van der Waals surface area (Å²) in [5.74, 6) is 0.885. The average molecular weight is 260 g/mol. The third-order valence-electron chi connectivity index (χ3n) is 2.63. The van der Waals surface area contributed by atoms with Crippen molar-refractivity contribution in [3.63, 3.8) is 0 Å². The van der Waals surface area contributed by atoms with Crippen molar-refractivity contribution in [3.05, 3.63) is 12.7 Å². The van der Waals surface area contributed by atoms with Crippen molar-refractivity contribution in [1.82, 2.24) is 40.1 Å². The van der Waals surface area contributed by atoms with E-state index in [0.29, 0.717) is 17.3 Å². The first-order valence-corrected chi connectivity index (χ1v) is 5.73. The van der Waals surface area contributed by atoms with Crippen molar-refractivity contribution in [2.24, 2.45) is 0 Å². The summed E-state index contributed by atoms with van der Waals surface area (Å²) in [4.78, 5) is 12.3. The van der Waals surface area contributed by atoms with Gasteiger partial charge < -0.3 is 15.6 Å². The molecule has 0 aromatic carbocycles. The Balaban J connectivity index is 1.61. The van der Waals surface area contributed by atoms with Crippen molar-refractivity contribution in [2.75, 3.05) is 17.6 Å². The standard InChI is InChI=1S/C9H12N10/c10-7-6-8(13-4-12-7)19(5-14-6)3-1-2-11-9-15-17-18-16-9/h4-5H,1-3H2,(H2,10,12,13)(H2,11,15,16,17,18). The molecule has 0 atom stereocenters. The van der Waals surface area contributed by atoms with Crippen LogP contribution in [0.1, 0.15) is 6.42 Å². The second-order valence-corrected chi connectivity index (χ2v) is 3.88. The van der Waals surface area contributed by atoms with Crippen LogP contribution in [0.25, 0.3) is 11.2 Å². The van der Waals surface area contributed by atoms with Crippen molar-refractivity contribution in [1.29, 1.82) is 0 Å². The Morgan fingerprint density at radius 3 is 3.11 bits per heavy atom. The maximum atomic E-state index is 5.72. The highest BCUT2D eigenvalue weighted by Crippen LogP contribution is 2.14. The molecule has 0 aliphatic heterocycles. The Bertz CT molecular complexity index is 657. The Hall–Kier alpha value is -2.78. The molecule has 10 nitrogen and oxygen atoms in total. The van der Waals surface area contributed by atoms with E-state index in [0.717, 1.165) is 25.2 Å². The number of anilines is 2. The number of hydrogen-bond donors (Lipinski definition) is 3. The summed E-state index contributed by atoms with van der Waals surface area (Å²) < 4.78 is 1.94. The van der Waals surface area contributed by atoms with E-state index >= 15 is 0 Å². The molecule has 3 heterocycles. The number of imidazole rings is 1. The topological polar surface area (TPSA) is 136 Å². The SMILES string of the molecule is Nc1ncnc2c1ncn2CCCNc1nn[nH]n1. The Morgan fingerprint density at radius 1 is 1.32 bits per heavy atom. The fraction of sp³-hybridized carbons (Fsp3) is 0.333. The zero-order valence-corrected chi connectivity index (χ0v) is 9.98. The second-order valence-electron chi connectivity index (χ2n) is 3.88. The van der Waals surface area contributed by atoms with Gasteiger partial charge in [0.1, 0.15) is 11.8 Å². The summed E-state index contributed by atoms with van der Waals surface area (Å²) in [5.41, 5.74) is 7.10. The van der Waals surface area contributed by atoms with E-state index in [2.05, 4.69) is 40.9 Å². The lowest BCUT2D eigenvalue weighted by Crippen LogP contribution is -2.07. The van der Waals surface area contributed by atoms with E-state index in [1.165, 1.54) is 6.33 Å². The minimum Gasteiger partial charge on any atom is -0.382 e. The van der Waals surface area contributed by atoms with Gasteiger partial charge in [-0.05, 0) is 11.6 Å². The third kappa shape index (κ3) is 2.27. The van der Waals surface area contributed by atoms with Crippen LogP contribution in [0.15, 0.2) is 12.7 Å². The summed E-state index contributed by atoms with van der Waals surface area (Å²) in [7, 11) is 0. The summed E-state index contributed by atoms with van der Waals surface area (Å²) in [6.45, 7) is 1.48. The maximum absolute atomic E-state index is 5.72. The van der Waals surface area contributed by atoms with Gasteiger partial charge >= 0.3 is 0 Å². The van der Waals surface area contributed by atoms with Crippen molar-refractivity contribution < 1.29 is 0 Å². The number of hydrogen-bond acceptors (Lipinski definition) is 8. The van der Waals surface area contributed by atoms with Gasteiger partial charge in [-0.15, -0.1) is 5.10 Å². The number of fused-ring (bicyclic) bond motifs is 1. The van der Waals surface area contributed by atoms with Gasteiger partial charge in [0.2, 0.25) is 0 Å². The van der Waals surface area contributed by atoms with Gasteiger partial charge in [-0.2, -0.15) is 5.21 Å². The molecule has 4 N–H and O–H groups in total. The summed E-state index contributed by atoms with van der Waals surface area (Å²) in [6.07, 6.45) is 4.02. The van der Waals surface area contributed by atoms with E-state index in [1.54, 1.807) is 6.33 Å². The third-order valence-corrected chi connectivity index (χ3v) is 2.63. The maximum Gasteiger partial charge on any atom is 0.263 e. The number of H-pyrrole nitrogens is 1. The van der Waals surface area contributed by atoms with Crippen LogP contribution in [0.3, 0.4) is 0 Å². The van der Waals surface area contributed by atoms with Crippen molar-refractivity contribution >= 4 is 22.9 Å². The van der Waals surface area contributed by atoms with E-state index < -0.39 is 0 Å². The Kier molecular flexibility index (Phi) is 2.88. The monoisotopic (exact) mass is 260 g/mol. The van der Waals surface area contributed by atoms with E-state index in [9.17, 15) is 0 Å². The van der Waals surface area contributed by atoms with Crippen LogP contribution in [-0.4, -0.2) is 46.7 Å². The number of aryl methyl sites for hydroxylation is 1. The first-order chi connectivity index (χ1) is 9.34. The average Bonchev–Trinajstić information content (AvgIpc) is 3.05. The highest BCUT2D eigenvalue weighted by Gasteiger charge is 2.07. The number of nitrogens with zero attached hydrogens (tertiary/aromatic N) is 7. The van der Waals surface area contributed by atoms with Crippen LogP contribution in [-0.2, 0) is 6.54 Å². The first-order valence-electron chi connectivity index (χ1n) is 5.73. The van der Waals surface area contributed by atoms with Gasteiger partial charge in [-0.1, -0.05) is 5.10 Å².